The van der Waals surface area contributed by atoms with E-state index in [1.54, 1.807) is 0 Å². The minimum atomic E-state index is -0.185. The molecule has 526 valence electrons. The van der Waals surface area contributed by atoms with Gasteiger partial charge >= 0.3 is 0 Å². The van der Waals surface area contributed by atoms with E-state index in [-0.39, 0.29) is 24.0 Å². The zero-order valence-electron chi connectivity index (χ0n) is 60.5. The fraction of sp³-hybridized carbons (Fsp3) is 0.0392. The van der Waals surface area contributed by atoms with Crippen LogP contribution >= 0.6 is 0 Å². The Morgan fingerprint density at radius 1 is 0.223 bits per heavy atom. The molecule has 4 aromatic heterocycles. The van der Waals surface area contributed by atoms with Crippen LogP contribution in [0.1, 0.15) is 57.7 Å². The van der Waals surface area contributed by atoms with Gasteiger partial charge in [-0.25, -0.2) is 29.9 Å². The van der Waals surface area contributed by atoms with Crippen molar-refractivity contribution in [2.24, 2.45) is 0 Å². The molecule has 2 aliphatic heterocycles. The first kappa shape index (κ1) is 64.4. The Hall–Kier alpha value is -14.7. The minimum Gasteiger partial charge on any atom is -0.484 e. The summed E-state index contributed by atoms with van der Waals surface area (Å²) in [5.41, 5.74) is 21.9. The fourth-order valence-electron chi connectivity index (χ4n) is 17.4. The van der Waals surface area contributed by atoms with Crippen molar-refractivity contribution in [3.8, 4) is 113 Å². The number of hydrogen-bond acceptors (Lipinski definition) is 8. The van der Waals surface area contributed by atoms with Gasteiger partial charge in [-0.15, -0.1) is 0 Å². The van der Waals surface area contributed by atoms with Gasteiger partial charge in [-0.3, -0.25) is 0 Å². The van der Waals surface area contributed by atoms with Gasteiger partial charge in [0.05, 0.1) is 22.4 Å². The van der Waals surface area contributed by atoms with E-state index in [4.69, 9.17) is 39.4 Å². The zero-order valence-corrected chi connectivity index (χ0v) is 60.5. The molecule has 15 aromatic carbocycles. The Morgan fingerprint density at radius 2 is 0.536 bits per heavy atom. The Kier molecular flexibility index (Phi) is 15.3. The molecule has 4 unspecified atom stereocenters. The van der Waals surface area contributed by atoms with Crippen molar-refractivity contribution in [2.75, 3.05) is 0 Å². The third-order valence-electron chi connectivity index (χ3n) is 22.6. The molecule has 0 spiro atoms. The molecule has 4 atom stereocenters. The Balaban J connectivity index is 0.000000137. The number of fused-ring (bicyclic) bond motifs is 20. The van der Waals surface area contributed by atoms with Crippen molar-refractivity contribution in [3.63, 3.8) is 0 Å². The largest absolute Gasteiger partial charge is 0.484 e. The predicted molar refractivity (Wildman–Crippen MR) is 452 cm³/mol. The van der Waals surface area contributed by atoms with Gasteiger partial charge < -0.3 is 18.6 Å². The highest BCUT2D eigenvalue weighted by atomic mass is 16.5. The molecule has 2 aliphatic carbocycles. The summed E-state index contributed by atoms with van der Waals surface area (Å²) in [4.78, 5) is 29.9. The molecule has 0 N–H and O–H groups in total. The van der Waals surface area contributed by atoms with Crippen LogP contribution in [0.4, 0.5) is 0 Å². The van der Waals surface area contributed by atoms with E-state index in [0.717, 1.165) is 84.3 Å². The summed E-state index contributed by atoms with van der Waals surface area (Å²) in [5.74, 6) is 5.69. The van der Waals surface area contributed by atoms with E-state index in [0.29, 0.717) is 34.9 Å². The van der Waals surface area contributed by atoms with Crippen LogP contribution in [0.25, 0.3) is 168 Å². The van der Waals surface area contributed by atoms with Gasteiger partial charge in [0.1, 0.15) is 23.7 Å². The van der Waals surface area contributed by atoms with E-state index in [2.05, 4.69) is 264 Å². The maximum absolute atomic E-state index is 6.94. The average Bonchev–Trinajstić information content (AvgIpc) is 1.56. The lowest BCUT2D eigenvalue weighted by Gasteiger charge is -2.22. The lowest BCUT2D eigenvalue weighted by atomic mass is 9.85. The van der Waals surface area contributed by atoms with Crippen LogP contribution in [0.3, 0.4) is 0 Å². The molecule has 10 nitrogen and oxygen atoms in total. The van der Waals surface area contributed by atoms with Crippen molar-refractivity contribution in [3.05, 3.63) is 398 Å². The number of aromatic nitrogens is 8. The van der Waals surface area contributed by atoms with Gasteiger partial charge in [0.25, 0.3) is 0 Å². The lowest BCUT2D eigenvalue weighted by Crippen LogP contribution is -2.13. The van der Waals surface area contributed by atoms with Crippen LogP contribution in [0, 0.1) is 0 Å². The van der Waals surface area contributed by atoms with E-state index in [1.807, 2.05) is 121 Å². The first-order valence-corrected chi connectivity index (χ1v) is 38.1. The smallest absolute Gasteiger partial charge is 0.164 e. The number of para-hydroxylation sites is 2. The third-order valence-corrected chi connectivity index (χ3v) is 22.6. The van der Waals surface area contributed by atoms with Crippen LogP contribution in [-0.2, 0) is 0 Å². The molecule has 0 amide bonds. The number of benzene rings is 15. The Labute approximate surface area is 645 Å². The molecule has 0 radical (unpaired) electrons. The number of nitrogens with zero attached hydrogens (tertiary/aromatic N) is 8. The topological polar surface area (TPSA) is 106 Å². The summed E-state index contributed by atoms with van der Waals surface area (Å²) >= 11 is 0. The molecule has 19 aromatic rings. The zero-order chi connectivity index (χ0) is 73.7. The van der Waals surface area contributed by atoms with Gasteiger partial charge in [0.2, 0.25) is 0 Å². The van der Waals surface area contributed by atoms with Crippen LogP contribution in [0.5, 0.6) is 11.5 Å². The van der Waals surface area contributed by atoms with Gasteiger partial charge in [-0.05, 0) is 146 Å². The second-order valence-corrected chi connectivity index (χ2v) is 29.1. The Morgan fingerprint density at radius 3 is 0.920 bits per heavy atom. The summed E-state index contributed by atoms with van der Waals surface area (Å²) in [6.07, 6.45) is 8.87. The molecule has 10 heteroatoms. The molecule has 112 heavy (non-hydrogen) atoms. The average molecular weight is 1440 g/mol. The van der Waals surface area contributed by atoms with Crippen LogP contribution < -0.4 is 9.47 Å². The molecule has 0 fully saturated rings. The summed E-state index contributed by atoms with van der Waals surface area (Å²) in [6.45, 7) is 0. The molecular formula is C102H66N8O2. The predicted octanol–water partition coefficient (Wildman–Crippen LogP) is 24.9. The molecule has 0 saturated heterocycles. The first-order chi connectivity index (χ1) is 55.5. The Bertz CT molecular complexity index is 6810. The molecule has 0 bridgehead atoms. The maximum atomic E-state index is 6.94. The van der Waals surface area contributed by atoms with Crippen LogP contribution in [-0.4, -0.2) is 39.0 Å². The second kappa shape index (κ2) is 26.6. The van der Waals surface area contributed by atoms with Crippen LogP contribution in [0.2, 0.25) is 0 Å². The lowest BCUT2D eigenvalue weighted by molar-refractivity contribution is 0.224. The van der Waals surface area contributed by atoms with Gasteiger partial charge in [0.15, 0.2) is 34.9 Å². The second-order valence-electron chi connectivity index (χ2n) is 29.1. The molecule has 4 aliphatic rings. The van der Waals surface area contributed by atoms with Crippen molar-refractivity contribution in [1.82, 2.24) is 39.0 Å². The van der Waals surface area contributed by atoms with E-state index in [9.17, 15) is 0 Å². The van der Waals surface area contributed by atoms with Crippen molar-refractivity contribution < 1.29 is 9.47 Å². The monoisotopic (exact) mass is 1430 g/mol. The molecule has 6 heterocycles. The highest BCUT2D eigenvalue weighted by molar-refractivity contribution is 6.25. The van der Waals surface area contributed by atoms with Gasteiger partial charge in [-0.2, -0.15) is 0 Å². The van der Waals surface area contributed by atoms with Crippen molar-refractivity contribution in [1.29, 1.82) is 0 Å². The summed E-state index contributed by atoms with van der Waals surface area (Å²) in [7, 11) is 0. The quantitative estimate of drug-likeness (QED) is 0.125. The van der Waals surface area contributed by atoms with Gasteiger partial charge in [0, 0.05) is 89.6 Å². The minimum absolute atomic E-state index is 0.0243. The standard InChI is InChI=1S/C51H32N4O.C51H34N4O/c1-3-13-31(14-4-1)49-52-50(32-15-5-2-6-16-32)54-51(53-49)33-23-28-46-43(29-33)40-26-27-45-47(48(40)56-46)41-21-11-12-22-44(41)55(45)34-24-25-39-37-19-8-7-17-35(37)36-18-9-10-20-38(36)42(39)30-34;1-5-15-33(16-6-1)38-29-39(34-17-7-2-8-18-34)31-40(30-38)55-44-24-14-13-23-42(44)47-45(55)27-26-41-43-32-37(25-28-46(43)56-48(41)47)51-53-49(35-19-9-3-10-20-35)52-50(54-51)36-21-11-4-12-22-36/h1-30,40,48H;1-32,41,48H. The number of ether oxygens (including phenoxy) is 2. The molecular weight excluding hydrogens is 1370 g/mol. The van der Waals surface area contributed by atoms with E-state index in [1.165, 1.54) is 82.0 Å². The van der Waals surface area contributed by atoms with Crippen molar-refractivity contribution >= 4 is 66.3 Å². The van der Waals surface area contributed by atoms with E-state index < -0.39 is 0 Å². The highest BCUT2D eigenvalue weighted by Crippen LogP contribution is 2.56. The van der Waals surface area contributed by atoms with E-state index >= 15 is 0 Å². The van der Waals surface area contributed by atoms with Gasteiger partial charge in [-0.1, -0.05) is 285 Å². The SMILES string of the molecule is C1=CC2c3cc(-c4nc(-c5ccccc5)nc(-c5ccccc5)n4)ccc3OC2c2c1n(-c1cc(-c3ccccc3)cc(-c3ccccc3)c1)c1ccccc21.C1=CC2c3cc(-c4nc(-c5ccccc5)nc(-c5ccccc5)n4)ccc3OC2c2c1n(-c1ccc3c4ccccc4c4ccccc4c3c1)c1ccccc21. The first-order valence-electron chi connectivity index (χ1n) is 38.1. The fourth-order valence-corrected chi connectivity index (χ4v) is 17.4. The maximum Gasteiger partial charge on any atom is 0.164 e. The molecule has 0 saturated carbocycles. The number of rotatable bonds is 10. The summed E-state index contributed by atoms with van der Waals surface area (Å²) in [5, 5.41) is 10.0. The van der Waals surface area contributed by atoms with Crippen LogP contribution in [0.15, 0.2) is 364 Å². The van der Waals surface area contributed by atoms with Crippen molar-refractivity contribution in [2.45, 2.75) is 24.0 Å². The summed E-state index contributed by atoms with van der Waals surface area (Å²) in [6, 6.07) is 123. The normalized spacial score (nSPS) is 15.4. The summed E-state index contributed by atoms with van der Waals surface area (Å²) < 4.78 is 18.7. The third kappa shape index (κ3) is 10.9. The number of hydrogen-bond donors (Lipinski definition) is 0. The molecule has 23 rings (SSSR count). The highest BCUT2D eigenvalue weighted by Gasteiger charge is 2.42.